The Labute approximate surface area is 194 Å². The average Bonchev–Trinajstić information content (AvgIpc) is 2.82. The van der Waals surface area contributed by atoms with Crippen LogP contribution in [-0.2, 0) is 15.3 Å². The molecule has 0 saturated carbocycles. The van der Waals surface area contributed by atoms with E-state index in [1.807, 2.05) is 6.07 Å². The Kier molecular flexibility index (Phi) is 6.50. The molecule has 2 heterocycles. The van der Waals surface area contributed by atoms with E-state index in [0.717, 1.165) is 0 Å². The van der Waals surface area contributed by atoms with Crippen LogP contribution in [0.4, 0.5) is 10.2 Å². The number of nitrogens with zero attached hydrogens (tertiary/aromatic N) is 1. The van der Waals surface area contributed by atoms with Crippen molar-refractivity contribution < 1.29 is 18.7 Å². The second kappa shape index (κ2) is 9.50. The van der Waals surface area contributed by atoms with E-state index in [4.69, 9.17) is 9.47 Å². The van der Waals surface area contributed by atoms with Crippen LogP contribution in [0.3, 0.4) is 0 Å². The monoisotopic (exact) mass is 467 g/mol. The highest BCUT2D eigenvalue weighted by atomic mass is 32.2. The summed E-state index contributed by atoms with van der Waals surface area (Å²) in [6.45, 7) is 1.73. The summed E-state index contributed by atoms with van der Waals surface area (Å²) in [6.07, 6.45) is 0. The third-order valence-corrected chi connectivity index (χ3v) is 6.30. The predicted octanol–water partition coefficient (Wildman–Crippen LogP) is 4.21. The van der Waals surface area contributed by atoms with Crippen molar-refractivity contribution in [2.24, 2.45) is 0 Å². The Balaban J connectivity index is 1.78. The average molecular weight is 468 g/mol. The summed E-state index contributed by atoms with van der Waals surface area (Å²) in [5.74, 6) is -0.330. The first-order valence-electron chi connectivity index (χ1n) is 10.1. The molecule has 0 bridgehead atoms. The van der Waals surface area contributed by atoms with Crippen LogP contribution in [-0.4, -0.2) is 30.2 Å². The Hall–Kier alpha value is -3.59. The highest BCUT2D eigenvalue weighted by Gasteiger charge is 2.36. The SMILES string of the molecule is COC(=O)C1=C(C)Nc2nc(SCc3ccccc3F)[nH]c(=O)c2C1c1cccc(OC)c1. The van der Waals surface area contributed by atoms with Crippen LogP contribution in [0.25, 0.3) is 0 Å². The number of carbonyl (C=O) groups excluding carboxylic acids is 1. The maximum absolute atomic E-state index is 14.0. The highest BCUT2D eigenvalue weighted by molar-refractivity contribution is 7.98. The Morgan fingerprint density at radius 3 is 2.70 bits per heavy atom. The minimum absolute atomic E-state index is 0.296. The number of hydrogen-bond acceptors (Lipinski definition) is 7. The van der Waals surface area contributed by atoms with Crippen molar-refractivity contribution in [3.63, 3.8) is 0 Å². The van der Waals surface area contributed by atoms with E-state index in [9.17, 15) is 14.0 Å². The molecule has 1 aliphatic heterocycles. The number of esters is 1. The second-order valence-corrected chi connectivity index (χ2v) is 8.34. The number of carbonyl (C=O) groups is 1. The van der Waals surface area contributed by atoms with Crippen molar-refractivity contribution in [3.8, 4) is 5.75 Å². The number of aromatic amines is 1. The molecule has 7 nitrogen and oxygen atoms in total. The summed E-state index contributed by atoms with van der Waals surface area (Å²) in [6, 6.07) is 13.6. The minimum atomic E-state index is -0.703. The van der Waals surface area contributed by atoms with Gasteiger partial charge in [0.2, 0.25) is 0 Å². The van der Waals surface area contributed by atoms with Crippen LogP contribution in [0.1, 0.15) is 29.5 Å². The zero-order chi connectivity index (χ0) is 23.5. The first-order valence-corrected chi connectivity index (χ1v) is 11.1. The lowest BCUT2D eigenvalue weighted by Gasteiger charge is -2.28. The third-order valence-electron chi connectivity index (χ3n) is 5.38. The van der Waals surface area contributed by atoms with Gasteiger partial charge in [0.05, 0.1) is 31.3 Å². The zero-order valence-corrected chi connectivity index (χ0v) is 19.1. The lowest BCUT2D eigenvalue weighted by molar-refractivity contribution is -0.136. The number of fused-ring (bicyclic) bond motifs is 1. The summed E-state index contributed by atoms with van der Waals surface area (Å²) < 4.78 is 24.3. The molecule has 0 radical (unpaired) electrons. The number of anilines is 1. The second-order valence-electron chi connectivity index (χ2n) is 7.38. The van der Waals surface area contributed by atoms with Crippen molar-refractivity contribution in [2.75, 3.05) is 19.5 Å². The molecule has 3 aromatic rings. The molecule has 0 aliphatic carbocycles. The number of halogens is 1. The Bertz CT molecular complexity index is 1300. The van der Waals surface area contributed by atoms with Gasteiger partial charge < -0.3 is 19.8 Å². The molecule has 1 atom stereocenters. The van der Waals surface area contributed by atoms with E-state index in [1.54, 1.807) is 50.4 Å². The van der Waals surface area contributed by atoms with Crippen LogP contribution in [0.15, 0.2) is 69.8 Å². The topological polar surface area (TPSA) is 93.3 Å². The van der Waals surface area contributed by atoms with E-state index in [0.29, 0.717) is 50.4 Å². The molecule has 33 heavy (non-hydrogen) atoms. The normalized spacial score (nSPS) is 15.0. The fourth-order valence-electron chi connectivity index (χ4n) is 3.80. The van der Waals surface area contributed by atoms with Gasteiger partial charge in [-0.2, -0.15) is 0 Å². The molecule has 2 N–H and O–H groups in total. The number of methoxy groups -OCH3 is 2. The maximum atomic E-state index is 14.0. The number of allylic oxidation sites excluding steroid dienone is 1. The Morgan fingerprint density at radius 1 is 1.18 bits per heavy atom. The predicted molar refractivity (Wildman–Crippen MR) is 124 cm³/mol. The van der Waals surface area contributed by atoms with Gasteiger partial charge in [0.25, 0.3) is 5.56 Å². The van der Waals surface area contributed by atoms with Crippen molar-refractivity contribution in [2.45, 2.75) is 23.8 Å². The van der Waals surface area contributed by atoms with Crippen LogP contribution in [0, 0.1) is 5.82 Å². The molecule has 0 fully saturated rings. The van der Waals surface area contributed by atoms with Gasteiger partial charge in [0, 0.05) is 11.4 Å². The lowest BCUT2D eigenvalue weighted by Crippen LogP contribution is -2.31. The number of benzene rings is 2. The quantitative estimate of drug-likeness (QED) is 0.319. The smallest absolute Gasteiger partial charge is 0.336 e. The first kappa shape index (κ1) is 22.6. The van der Waals surface area contributed by atoms with Gasteiger partial charge >= 0.3 is 5.97 Å². The van der Waals surface area contributed by atoms with Gasteiger partial charge in [-0.1, -0.05) is 42.1 Å². The molecule has 1 aromatic heterocycles. The highest BCUT2D eigenvalue weighted by Crippen LogP contribution is 2.41. The largest absolute Gasteiger partial charge is 0.497 e. The number of H-pyrrole nitrogens is 1. The van der Waals surface area contributed by atoms with Crippen molar-refractivity contribution in [1.29, 1.82) is 0 Å². The van der Waals surface area contributed by atoms with Gasteiger partial charge in [0.15, 0.2) is 5.16 Å². The van der Waals surface area contributed by atoms with E-state index < -0.39 is 17.4 Å². The number of aromatic nitrogens is 2. The molecule has 170 valence electrons. The summed E-state index contributed by atoms with van der Waals surface area (Å²) in [4.78, 5) is 33.2. The fraction of sp³-hybridized carbons (Fsp3) is 0.208. The Morgan fingerprint density at radius 2 is 1.97 bits per heavy atom. The van der Waals surface area contributed by atoms with Crippen molar-refractivity contribution >= 4 is 23.5 Å². The summed E-state index contributed by atoms with van der Waals surface area (Å²) in [5, 5.41) is 3.41. The number of rotatable bonds is 6. The molecule has 2 aromatic carbocycles. The van der Waals surface area contributed by atoms with Gasteiger partial charge in [-0.05, 0) is 36.2 Å². The van der Waals surface area contributed by atoms with Gasteiger partial charge in [0.1, 0.15) is 17.4 Å². The number of nitrogens with one attached hydrogen (secondary N) is 2. The summed E-state index contributed by atoms with van der Waals surface area (Å²) in [5.41, 5.74) is 1.95. The summed E-state index contributed by atoms with van der Waals surface area (Å²) in [7, 11) is 2.84. The number of thioether (sulfide) groups is 1. The fourth-order valence-corrected chi connectivity index (χ4v) is 4.64. The van der Waals surface area contributed by atoms with Crippen LogP contribution in [0.5, 0.6) is 5.75 Å². The van der Waals surface area contributed by atoms with E-state index in [-0.39, 0.29) is 5.82 Å². The third kappa shape index (κ3) is 4.49. The standard InChI is InChI=1S/C24H22FN3O4S/c1-13-18(23(30)32-3)19(14-8-6-9-16(11-14)31-2)20-21(26-13)27-24(28-22(20)29)33-12-15-7-4-5-10-17(15)25/h4-11,19H,12H2,1-3H3,(H2,26,27,28,29). The van der Waals surface area contributed by atoms with Crippen molar-refractivity contribution in [1.82, 2.24) is 9.97 Å². The molecule has 0 spiro atoms. The van der Waals surface area contributed by atoms with Crippen molar-refractivity contribution in [3.05, 3.63) is 92.7 Å². The van der Waals surface area contributed by atoms with Crippen LogP contribution < -0.4 is 15.6 Å². The summed E-state index contributed by atoms with van der Waals surface area (Å²) >= 11 is 1.22. The van der Waals surface area contributed by atoms with Gasteiger partial charge in [-0.3, -0.25) is 4.79 Å². The molecule has 0 amide bonds. The molecule has 0 saturated heterocycles. The van der Waals surface area contributed by atoms with E-state index in [1.165, 1.54) is 24.9 Å². The van der Waals surface area contributed by atoms with Gasteiger partial charge in [-0.25, -0.2) is 14.2 Å². The van der Waals surface area contributed by atoms with E-state index in [2.05, 4.69) is 15.3 Å². The number of hydrogen-bond donors (Lipinski definition) is 2. The first-order chi connectivity index (χ1) is 15.9. The lowest BCUT2D eigenvalue weighted by atomic mass is 9.82. The molecule has 9 heteroatoms. The molecule has 1 aliphatic rings. The van der Waals surface area contributed by atoms with Crippen LogP contribution in [0.2, 0.25) is 0 Å². The van der Waals surface area contributed by atoms with Crippen LogP contribution >= 0.6 is 11.8 Å². The van der Waals surface area contributed by atoms with Gasteiger partial charge in [-0.15, -0.1) is 0 Å². The molecular weight excluding hydrogens is 445 g/mol. The number of ether oxygens (including phenoxy) is 2. The molecule has 4 rings (SSSR count). The molecular formula is C24H22FN3O4S. The van der Waals surface area contributed by atoms with E-state index >= 15 is 0 Å². The minimum Gasteiger partial charge on any atom is -0.497 e. The maximum Gasteiger partial charge on any atom is 0.336 e. The molecule has 1 unspecified atom stereocenters. The zero-order valence-electron chi connectivity index (χ0n) is 18.3.